The fourth-order valence-corrected chi connectivity index (χ4v) is 10.6. The summed E-state index contributed by atoms with van der Waals surface area (Å²) in [5, 5.41) is 5.04. The molecule has 0 unspecified atom stereocenters. The van der Waals surface area contributed by atoms with Crippen LogP contribution >= 0.6 is 22.7 Å². The van der Waals surface area contributed by atoms with Crippen molar-refractivity contribution >= 4 is 63.0 Å². The number of rotatable bonds is 6. The van der Waals surface area contributed by atoms with E-state index in [2.05, 4.69) is 194 Å². The molecule has 0 aliphatic heterocycles. The third-order valence-corrected chi connectivity index (χ3v) is 13.2. The summed E-state index contributed by atoms with van der Waals surface area (Å²) < 4.78 is 5.00. The van der Waals surface area contributed by atoms with Gasteiger partial charge in [0.25, 0.3) is 0 Å². The molecule has 0 N–H and O–H groups in total. The zero-order valence-corrected chi connectivity index (χ0v) is 31.8. The van der Waals surface area contributed by atoms with Crippen LogP contribution in [0.2, 0.25) is 0 Å². The predicted molar refractivity (Wildman–Crippen MR) is 240 cm³/mol. The van der Waals surface area contributed by atoms with Gasteiger partial charge >= 0.3 is 0 Å². The number of aromatic nitrogens is 2. The summed E-state index contributed by atoms with van der Waals surface area (Å²) >= 11 is 3.67. The number of fused-ring (bicyclic) bond motifs is 6. The molecular formula is C52H32N2S2. The third-order valence-electron chi connectivity index (χ3n) is 10.7. The first kappa shape index (κ1) is 32.7. The molecule has 0 aliphatic rings. The van der Waals surface area contributed by atoms with Crippen LogP contribution in [0.25, 0.3) is 108 Å². The maximum absolute atomic E-state index is 5.65. The Hall–Kier alpha value is -6.72. The molecule has 4 heteroatoms. The quantitative estimate of drug-likeness (QED) is 0.169. The molecule has 0 fully saturated rings. The minimum absolute atomic E-state index is 0.698. The molecular weight excluding hydrogens is 717 g/mol. The monoisotopic (exact) mass is 748 g/mol. The molecule has 3 heterocycles. The number of thiophene rings is 2. The lowest BCUT2D eigenvalue weighted by Crippen LogP contribution is -2.01. The Morgan fingerprint density at radius 3 is 1.21 bits per heavy atom. The highest BCUT2D eigenvalue weighted by Gasteiger charge is 2.24. The van der Waals surface area contributed by atoms with Gasteiger partial charge < -0.3 is 0 Å². The summed E-state index contributed by atoms with van der Waals surface area (Å²) in [6.45, 7) is 0. The molecule has 0 saturated heterocycles. The fraction of sp³-hybridized carbons (Fsp3) is 0. The van der Waals surface area contributed by atoms with Crippen molar-refractivity contribution in [2.75, 3.05) is 0 Å². The standard InChI is InChI=1S/C52H32N2S2/c1-4-16-33(17-5-1)36-30-31-37(34-18-6-2-7-19-34)49(48(36)35-20-8-3-9-21-35)52-53-44(42-26-14-24-40-38-22-10-12-28-46(38)55-50(40)42)32-45(54-52)43-27-15-25-41-39-23-11-13-29-47(39)56-51(41)43/h1-32H. The van der Waals surface area contributed by atoms with E-state index in [1.165, 1.54) is 40.3 Å². The fourth-order valence-electron chi connectivity index (χ4n) is 8.19. The van der Waals surface area contributed by atoms with Crippen molar-refractivity contribution in [3.8, 4) is 67.3 Å². The van der Waals surface area contributed by atoms with Gasteiger partial charge in [-0.05, 0) is 46.0 Å². The van der Waals surface area contributed by atoms with Crippen LogP contribution in [0.1, 0.15) is 0 Å². The highest BCUT2D eigenvalue weighted by Crippen LogP contribution is 2.47. The Morgan fingerprint density at radius 2 is 0.714 bits per heavy atom. The van der Waals surface area contributed by atoms with Gasteiger partial charge in [0, 0.05) is 62.6 Å². The topological polar surface area (TPSA) is 25.8 Å². The number of hydrogen-bond acceptors (Lipinski definition) is 4. The van der Waals surface area contributed by atoms with E-state index < -0.39 is 0 Å². The lowest BCUT2D eigenvalue weighted by atomic mass is 9.85. The van der Waals surface area contributed by atoms with E-state index in [-0.39, 0.29) is 0 Å². The average Bonchev–Trinajstić information content (AvgIpc) is 3.85. The van der Waals surface area contributed by atoms with Crippen LogP contribution in [-0.2, 0) is 0 Å². The Bertz CT molecular complexity index is 3100. The molecule has 0 aliphatic carbocycles. The van der Waals surface area contributed by atoms with E-state index in [9.17, 15) is 0 Å². The number of benzene rings is 8. The molecule has 0 atom stereocenters. The molecule has 0 spiro atoms. The summed E-state index contributed by atoms with van der Waals surface area (Å²) in [6, 6.07) is 69.5. The molecule has 0 amide bonds. The zero-order valence-electron chi connectivity index (χ0n) is 30.2. The molecule has 11 rings (SSSR count). The van der Waals surface area contributed by atoms with Gasteiger partial charge in [-0.2, -0.15) is 0 Å². The van der Waals surface area contributed by atoms with Crippen LogP contribution in [0.3, 0.4) is 0 Å². The smallest absolute Gasteiger partial charge is 0.161 e. The van der Waals surface area contributed by atoms with Gasteiger partial charge in [-0.15, -0.1) is 22.7 Å². The van der Waals surface area contributed by atoms with Crippen LogP contribution in [0.15, 0.2) is 194 Å². The SMILES string of the molecule is c1ccc(-c2ccc(-c3ccccc3)c(-c3nc(-c4cccc5c4sc4ccccc45)cc(-c4cccc5c4sc4ccccc45)n3)c2-c2ccccc2)cc1. The molecule has 56 heavy (non-hydrogen) atoms. The molecule has 8 aromatic carbocycles. The van der Waals surface area contributed by atoms with Crippen molar-refractivity contribution < 1.29 is 0 Å². The first-order valence-electron chi connectivity index (χ1n) is 18.8. The summed E-state index contributed by atoms with van der Waals surface area (Å²) in [6.07, 6.45) is 0. The summed E-state index contributed by atoms with van der Waals surface area (Å²) in [5.74, 6) is 0.698. The first-order chi connectivity index (χ1) is 27.8. The van der Waals surface area contributed by atoms with Gasteiger partial charge in [-0.3, -0.25) is 0 Å². The largest absolute Gasteiger partial charge is 0.228 e. The van der Waals surface area contributed by atoms with E-state index >= 15 is 0 Å². The van der Waals surface area contributed by atoms with E-state index in [1.54, 1.807) is 0 Å². The van der Waals surface area contributed by atoms with Crippen molar-refractivity contribution in [1.29, 1.82) is 0 Å². The third kappa shape index (κ3) is 5.45. The van der Waals surface area contributed by atoms with Crippen LogP contribution in [-0.4, -0.2) is 9.97 Å². The number of hydrogen-bond donors (Lipinski definition) is 0. The summed E-state index contributed by atoms with van der Waals surface area (Å²) in [5.41, 5.74) is 11.8. The van der Waals surface area contributed by atoms with Crippen LogP contribution in [0.4, 0.5) is 0 Å². The molecule has 11 aromatic rings. The maximum Gasteiger partial charge on any atom is 0.161 e. The van der Waals surface area contributed by atoms with Gasteiger partial charge in [0.05, 0.1) is 11.4 Å². The number of nitrogens with zero attached hydrogens (tertiary/aromatic N) is 2. The first-order valence-corrected chi connectivity index (χ1v) is 20.5. The van der Waals surface area contributed by atoms with Crippen LogP contribution in [0.5, 0.6) is 0 Å². The van der Waals surface area contributed by atoms with Crippen molar-refractivity contribution in [2.24, 2.45) is 0 Å². The summed E-state index contributed by atoms with van der Waals surface area (Å²) in [7, 11) is 0. The minimum Gasteiger partial charge on any atom is -0.228 e. The van der Waals surface area contributed by atoms with Gasteiger partial charge in [-0.1, -0.05) is 176 Å². The second-order valence-electron chi connectivity index (χ2n) is 14.0. The van der Waals surface area contributed by atoms with Gasteiger partial charge in [-0.25, -0.2) is 9.97 Å². The molecule has 0 bridgehead atoms. The second-order valence-corrected chi connectivity index (χ2v) is 16.1. The van der Waals surface area contributed by atoms with Gasteiger partial charge in [0.15, 0.2) is 5.82 Å². The Kier molecular flexibility index (Phi) is 7.90. The van der Waals surface area contributed by atoms with Crippen molar-refractivity contribution in [1.82, 2.24) is 9.97 Å². The van der Waals surface area contributed by atoms with Gasteiger partial charge in [0.1, 0.15) is 0 Å². The van der Waals surface area contributed by atoms with Crippen molar-refractivity contribution in [3.63, 3.8) is 0 Å². The highest BCUT2D eigenvalue weighted by atomic mass is 32.1. The van der Waals surface area contributed by atoms with Gasteiger partial charge in [0.2, 0.25) is 0 Å². The molecule has 2 nitrogen and oxygen atoms in total. The Balaban J connectivity index is 1.28. The molecule has 3 aromatic heterocycles. The predicted octanol–water partition coefficient (Wildman–Crippen LogP) is 15.2. The lowest BCUT2D eigenvalue weighted by molar-refractivity contribution is 1.19. The van der Waals surface area contributed by atoms with Crippen molar-refractivity contribution in [3.05, 3.63) is 194 Å². The Labute approximate surface area is 332 Å². The van der Waals surface area contributed by atoms with E-state index in [0.717, 1.165) is 61.5 Å². The van der Waals surface area contributed by atoms with E-state index in [1.807, 2.05) is 22.7 Å². The highest BCUT2D eigenvalue weighted by molar-refractivity contribution is 7.26. The lowest BCUT2D eigenvalue weighted by Gasteiger charge is -2.20. The average molecular weight is 749 g/mol. The zero-order chi connectivity index (χ0) is 37.0. The minimum atomic E-state index is 0.698. The van der Waals surface area contributed by atoms with Crippen molar-refractivity contribution in [2.45, 2.75) is 0 Å². The van der Waals surface area contributed by atoms with Crippen LogP contribution < -0.4 is 0 Å². The van der Waals surface area contributed by atoms with E-state index in [0.29, 0.717) is 5.82 Å². The molecule has 0 radical (unpaired) electrons. The molecule has 0 saturated carbocycles. The Morgan fingerprint density at radius 1 is 0.304 bits per heavy atom. The summed E-state index contributed by atoms with van der Waals surface area (Å²) in [4.78, 5) is 11.3. The normalized spacial score (nSPS) is 11.6. The molecule has 262 valence electrons. The van der Waals surface area contributed by atoms with E-state index in [4.69, 9.17) is 9.97 Å². The second kappa shape index (κ2) is 13.5. The van der Waals surface area contributed by atoms with Crippen LogP contribution in [0, 0.1) is 0 Å². The maximum atomic E-state index is 5.65.